The van der Waals surface area contributed by atoms with Crippen LogP contribution in [0.3, 0.4) is 0 Å². The van der Waals surface area contributed by atoms with Crippen molar-refractivity contribution in [3.8, 4) is 11.3 Å². The van der Waals surface area contributed by atoms with Crippen LogP contribution in [0.15, 0.2) is 34.9 Å². The average molecular weight is 309 g/mol. The number of hydrogen-bond donors (Lipinski definition) is 1. The molecule has 1 heterocycles. The number of oxazole rings is 1. The molecule has 0 spiro atoms. The van der Waals surface area contributed by atoms with Gasteiger partial charge < -0.3 is 9.52 Å². The summed E-state index contributed by atoms with van der Waals surface area (Å²) in [6.45, 7) is 2.18. The Labute approximate surface area is 128 Å². The molecule has 0 aliphatic rings. The van der Waals surface area contributed by atoms with Gasteiger partial charge in [0.25, 0.3) is 0 Å². The molecular formula is C15H17ClN2O3. The van der Waals surface area contributed by atoms with Crippen molar-refractivity contribution in [1.82, 2.24) is 9.88 Å². The van der Waals surface area contributed by atoms with Gasteiger partial charge in [-0.1, -0.05) is 18.5 Å². The van der Waals surface area contributed by atoms with E-state index in [9.17, 15) is 4.79 Å². The second-order valence-corrected chi connectivity index (χ2v) is 5.24. The zero-order valence-corrected chi connectivity index (χ0v) is 12.7. The van der Waals surface area contributed by atoms with Crippen LogP contribution in [0.1, 0.15) is 19.2 Å². The summed E-state index contributed by atoms with van der Waals surface area (Å²) in [7, 11) is 1.74. The fourth-order valence-electron chi connectivity index (χ4n) is 2.13. The standard InChI is InChI=1S/C15H17ClN2O3/c1-3-12(15(19)20)18(2)9-14-17-8-13(21-14)10-4-6-11(16)7-5-10/h4-8,12H,3,9H2,1-2H3,(H,19,20). The Morgan fingerprint density at radius 3 is 2.67 bits per heavy atom. The molecule has 2 aromatic rings. The van der Waals surface area contributed by atoms with Crippen molar-refractivity contribution in [3.05, 3.63) is 41.4 Å². The van der Waals surface area contributed by atoms with Gasteiger partial charge in [0.15, 0.2) is 5.76 Å². The highest BCUT2D eigenvalue weighted by Crippen LogP contribution is 2.23. The van der Waals surface area contributed by atoms with Crippen molar-refractivity contribution < 1.29 is 14.3 Å². The molecule has 1 N–H and O–H groups in total. The molecule has 5 nitrogen and oxygen atoms in total. The Morgan fingerprint density at radius 2 is 2.10 bits per heavy atom. The van der Waals surface area contributed by atoms with Crippen molar-refractivity contribution >= 4 is 17.6 Å². The first-order valence-electron chi connectivity index (χ1n) is 6.65. The summed E-state index contributed by atoms with van der Waals surface area (Å²) >= 11 is 5.85. The zero-order valence-electron chi connectivity index (χ0n) is 11.9. The minimum Gasteiger partial charge on any atom is -0.480 e. The number of carboxylic acid groups (broad SMARTS) is 1. The highest BCUT2D eigenvalue weighted by atomic mass is 35.5. The Balaban J connectivity index is 2.09. The second kappa shape index (κ2) is 6.74. The van der Waals surface area contributed by atoms with E-state index in [2.05, 4.69) is 4.98 Å². The first-order chi connectivity index (χ1) is 10.0. The Bertz CT molecular complexity index is 610. The summed E-state index contributed by atoms with van der Waals surface area (Å²) in [4.78, 5) is 17.0. The molecule has 21 heavy (non-hydrogen) atoms. The molecule has 112 valence electrons. The number of carbonyl (C=O) groups is 1. The van der Waals surface area contributed by atoms with Gasteiger partial charge in [-0.15, -0.1) is 0 Å². The summed E-state index contributed by atoms with van der Waals surface area (Å²) in [6, 6.07) is 6.71. The molecule has 0 saturated carbocycles. The molecule has 0 saturated heterocycles. The predicted octanol–water partition coefficient (Wildman–Crippen LogP) is 3.29. The minimum absolute atomic E-state index is 0.346. The molecule has 2 rings (SSSR count). The van der Waals surface area contributed by atoms with Crippen LogP contribution in [0.2, 0.25) is 5.02 Å². The van der Waals surface area contributed by atoms with Gasteiger partial charge in [0.1, 0.15) is 6.04 Å². The van der Waals surface area contributed by atoms with Gasteiger partial charge in [0.05, 0.1) is 12.7 Å². The van der Waals surface area contributed by atoms with Crippen LogP contribution in [0, 0.1) is 0 Å². The van der Waals surface area contributed by atoms with E-state index in [4.69, 9.17) is 21.1 Å². The van der Waals surface area contributed by atoms with E-state index >= 15 is 0 Å². The molecule has 1 unspecified atom stereocenters. The lowest BCUT2D eigenvalue weighted by Gasteiger charge is -2.21. The molecule has 1 aromatic carbocycles. The number of rotatable bonds is 6. The maximum Gasteiger partial charge on any atom is 0.320 e. The molecule has 0 aliphatic carbocycles. The molecule has 0 radical (unpaired) electrons. The van der Waals surface area contributed by atoms with E-state index in [1.807, 2.05) is 19.1 Å². The maximum absolute atomic E-state index is 11.1. The molecule has 6 heteroatoms. The number of halogens is 1. The first-order valence-corrected chi connectivity index (χ1v) is 7.02. The van der Waals surface area contributed by atoms with E-state index in [-0.39, 0.29) is 0 Å². The monoisotopic (exact) mass is 308 g/mol. The van der Waals surface area contributed by atoms with E-state index in [1.165, 1.54) is 0 Å². The van der Waals surface area contributed by atoms with Crippen LogP contribution in [0.4, 0.5) is 0 Å². The van der Waals surface area contributed by atoms with E-state index in [0.717, 1.165) is 5.56 Å². The van der Waals surface area contributed by atoms with Crippen LogP contribution in [0.5, 0.6) is 0 Å². The molecule has 1 atom stereocenters. The smallest absolute Gasteiger partial charge is 0.320 e. The van der Waals surface area contributed by atoms with Crippen molar-refractivity contribution in [1.29, 1.82) is 0 Å². The van der Waals surface area contributed by atoms with Crippen LogP contribution < -0.4 is 0 Å². The van der Waals surface area contributed by atoms with Gasteiger partial charge in [-0.25, -0.2) is 4.98 Å². The minimum atomic E-state index is -0.843. The number of aliphatic carboxylic acids is 1. The lowest BCUT2D eigenvalue weighted by atomic mass is 10.2. The largest absolute Gasteiger partial charge is 0.480 e. The highest BCUT2D eigenvalue weighted by molar-refractivity contribution is 6.30. The quantitative estimate of drug-likeness (QED) is 0.887. The Hall–Kier alpha value is -1.85. The van der Waals surface area contributed by atoms with Crippen LogP contribution in [-0.4, -0.2) is 34.0 Å². The maximum atomic E-state index is 11.1. The van der Waals surface area contributed by atoms with E-state index in [1.54, 1.807) is 30.3 Å². The van der Waals surface area contributed by atoms with Gasteiger partial charge in [-0.2, -0.15) is 0 Å². The summed E-state index contributed by atoms with van der Waals surface area (Å²) in [5.74, 6) is 0.282. The van der Waals surface area contributed by atoms with Crippen molar-refractivity contribution in [3.63, 3.8) is 0 Å². The Morgan fingerprint density at radius 1 is 1.43 bits per heavy atom. The third kappa shape index (κ3) is 3.83. The van der Waals surface area contributed by atoms with Crippen molar-refractivity contribution in [2.75, 3.05) is 7.05 Å². The van der Waals surface area contributed by atoms with Crippen LogP contribution >= 0.6 is 11.6 Å². The van der Waals surface area contributed by atoms with Gasteiger partial charge in [-0.05, 0) is 37.7 Å². The number of benzene rings is 1. The highest BCUT2D eigenvalue weighted by Gasteiger charge is 2.22. The molecule has 0 amide bonds. The van der Waals surface area contributed by atoms with Gasteiger partial charge in [0.2, 0.25) is 5.89 Å². The molecular weight excluding hydrogens is 292 g/mol. The third-order valence-electron chi connectivity index (χ3n) is 3.27. The molecule has 0 fully saturated rings. The fraction of sp³-hybridized carbons (Fsp3) is 0.333. The topological polar surface area (TPSA) is 66.6 Å². The summed E-state index contributed by atoms with van der Waals surface area (Å²) in [5.41, 5.74) is 0.881. The van der Waals surface area contributed by atoms with Crippen molar-refractivity contribution in [2.24, 2.45) is 0 Å². The zero-order chi connectivity index (χ0) is 15.4. The number of carboxylic acids is 1. The molecule has 0 bridgehead atoms. The first kappa shape index (κ1) is 15.5. The summed E-state index contributed by atoms with van der Waals surface area (Å²) < 4.78 is 5.67. The lowest BCUT2D eigenvalue weighted by Crippen LogP contribution is -2.37. The molecule has 1 aromatic heterocycles. The van der Waals surface area contributed by atoms with Gasteiger partial charge >= 0.3 is 5.97 Å². The summed E-state index contributed by atoms with van der Waals surface area (Å²) in [5, 5.41) is 9.78. The number of nitrogens with zero attached hydrogens (tertiary/aromatic N) is 2. The SMILES string of the molecule is CCC(C(=O)O)N(C)Cc1ncc(-c2ccc(Cl)cc2)o1. The lowest BCUT2D eigenvalue weighted by molar-refractivity contribution is -0.143. The number of likely N-dealkylation sites (N-methyl/N-ethyl adjacent to an activating group) is 1. The number of aromatic nitrogens is 1. The Kier molecular flexibility index (Phi) is 4.98. The fourth-order valence-corrected chi connectivity index (χ4v) is 2.26. The second-order valence-electron chi connectivity index (χ2n) is 4.80. The third-order valence-corrected chi connectivity index (χ3v) is 3.52. The van der Waals surface area contributed by atoms with Crippen molar-refractivity contribution in [2.45, 2.75) is 25.9 Å². The van der Waals surface area contributed by atoms with Crippen LogP contribution in [0.25, 0.3) is 11.3 Å². The van der Waals surface area contributed by atoms with E-state index < -0.39 is 12.0 Å². The van der Waals surface area contributed by atoms with E-state index in [0.29, 0.717) is 29.6 Å². The predicted molar refractivity (Wildman–Crippen MR) is 80.1 cm³/mol. The van der Waals surface area contributed by atoms with Gasteiger partial charge in [0, 0.05) is 10.6 Å². The normalized spacial score (nSPS) is 12.6. The molecule has 0 aliphatic heterocycles. The van der Waals surface area contributed by atoms with Crippen LogP contribution in [-0.2, 0) is 11.3 Å². The number of hydrogen-bond acceptors (Lipinski definition) is 4. The summed E-state index contributed by atoms with van der Waals surface area (Å²) in [6.07, 6.45) is 2.16. The average Bonchev–Trinajstić information content (AvgIpc) is 2.88. The van der Waals surface area contributed by atoms with Gasteiger partial charge in [-0.3, -0.25) is 9.69 Å².